The molecular weight excluding hydrogens is 507 g/mol. The SMILES string of the molecule is COc1cccc(F)c1-c1nccc(Nc2cc(N3CCC[C@H](N)C3)c(C#CC3CCOCC3)cn2)n1.Cl. The molecule has 0 aliphatic carbocycles. The molecule has 8 nitrogen and oxygen atoms in total. The minimum Gasteiger partial charge on any atom is -0.496 e. The Morgan fingerprint density at radius 3 is 2.79 bits per heavy atom. The lowest BCUT2D eigenvalue weighted by Crippen LogP contribution is -2.43. The predicted octanol–water partition coefficient (Wildman–Crippen LogP) is 4.56. The van der Waals surface area contributed by atoms with Gasteiger partial charge in [0.15, 0.2) is 5.82 Å². The average molecular weight is 539 g/mol. The summed E-state index contributed by atoms with van der Waals surface area (Å²) in [5, 5.41) is 3.25. The molecule has 38 heavy (non-hydrogen) atoms. The molecule has 10 heteroatoms. The second-order valence-electron chi connectivity index (χ2n) is 9.30. The van der Waals surface area contributed by atoms with E-state index in [1.54, 1.807) is 30.6 Å². The fourth-order valence-corrected chi connectivity index (χ4v) is 4.69. The van der Waals surface area contributed by atoms with Gasteiger partial charge in [0.05, 0.1) is 23.9 Å². The van der Waals surface area contributed by atoms with Gasteiger partial charge in [-0.15, -0.1) is 12.4 Å². The van der Waals surface area contributed by atoms with Crippen LogP contribution in [0.4, 0.5) is 21.7 Å². The molecule has 0 bridgehead atoms. The summed E-state index contributed by atoms with van der Waals surface area (Å²) in [5.74, 6) is 8.37. The summed E-state index contributed by atoms with van der Waals surface area (Å²) in [6.07, 6.45) is 7.32. The average Bonchev–Trinajstić information content (AvgIpc) is 2.93. The Hall–Kier alpha value is -3.45. The smallest absolute Gasteiger partial charge is 0.168 e. The second kappa shape index (κ2) is 12.9. The van der Waals surface area contributed by atoms with Crippen LogP contribution < -0.4 is 20.7 Å². The van der Waals surface area contributed by atoms with Gasteiger partial charge < -0.3 is 25.4 Å². The number of rotatable bonds is 5. The number of hydrogen-bond donors (Lipinski definition) is 2. The number of hydrogen-bond acceptors (Lipinski definition) is 8. The van der Waals surface area contributed by atoms with Crippen LogP contribution in [0.15, 0.2) is 42.7 Å². The Morgan fingerprint density at radius 2 is 2.00 bits per heavy atom. The van der Waals surface area contributed by atoms with Crippen LogP contribution in [-0.2, 0) is 4.74 Å². The maximum Gasteiger partial charge on any atom is 0.168 e. The van der Waals surface area contributed by atoms with E-state index in [1.807, 2.05) is 6.07 Å². The Labute approximate surface area is 228 Å². The molecule has 2 aliphatic heterocycles. The topological polar surface area (TPSA) is 98.4 Å². The molecule has 1 aromatic carbocycles. The molecule has 2 aliphatic rings. The van der Waals surface area contributed by atoms with Crippen LogP contribution in [0.5, 0.6) is 5.75 Å². The molecule has 0 amide bonds. The summed E-state index contributed by atoms with van der Waals surface area (Å²) >= 11 is 0. The van der Waals surface area contributed by atoms with Gasteiger partial charge in [0.1, 0.15) is 23.2 Å². The molecular formula is C28H32ClFN6O2. The van der Waals surface area contributed by atoms with Crippen LogP contribution in [0.25, 0.3) is 11.4 Å². The van der Waals surface area contributed by atoms with Gasteiger partial charge in [-0.25, -0.2) is 19.3 Å². The summed E-state index contributed by atoms with van der Waals surface area (Å²) in [6, 6.07) is 8.45. The molecule has 2 fully saturated rings. The minimum atomic E-state index is -0.453. The highest BCUT2D eigenvalue weighted by molar-refractivity contribution is 5.85. The number of methoxy groups -OCH3 is 1. The van der Waals surface area contributed by atoms with E-state index in [9.17, 15) is 4.39 Å². The number of aromatic nitrogens is 3. The normalized spacial score (nSPS) is 17.7. The zero-order valence-electron chi connectivity index (χ0n) is 21.3. The van der Waals surface area contributed by atoms with E-state index in [-0.39, 0.29) is 29.8 Å². The number of pyridine rings is 1. The Kier molecular flexibility index (Phi) is 9.34. The van der Waals surface area contributed by atoms with Gasteiger partial charge in [0.2, 0.25) is 0 Å². The molecule has 2 aromatic heterocycles. The Morgan fingerprint density at radius 1 is 1.16 bits per heavy atom. The summed E-state index contributed by atoms with van der Waals surface area (Å²) in [5.41, 5.74) is 8.38. The van der Waals surface area contributed by atoms with E-state index in [1.165, 1.54) is 13.2 Å². The van der Waals surface area contributed by atoms with Gasteiger partial charge in [0.25, 0.3) is 0 Å². The number of anilines is 3. The molecule has 0 spiro atoms. The molecule has 3 N–H and O–H groups in total. The summed E-state index contributed by atoms with van der Waals surface area (Å²) in [6.45, 7) is 3.19. The van der Waals surface area contributed by atoms with Crippen molar-refractivity contribution in [3.8, 4) is 29.0 Å². The largest absolute Gasteiger partial charge is 0.496 e. The van der Waals surface area contributed by atoms with Crippen LogP contribution >= 0.6 is 12.4 Å². The van der Waals surface area contributed by atoms with Gasteiger partial charge >= 0.3 is 0 Å². The highest BCUT2D eigenvalue weighted by atomic mass is 35.5. The minimum absolute atomic E-state index is 0. The highest BCUT2D eigenvalue weighted by Crippen LogP contribution is 2.31. The van der Waals surface area contributed by atoms with E-state index in [2.05, 4.69) is 37.0 Å². The number of nitrogens with one attached hydrogen (secondary N) is 1. The van der Waals surface area contributed by atoms with E-state index in [0.717, 1.165) is 63.2 Å². The first-order valence-corrected chi connectivity index (χ1v) is 12.6. The van der Waals surface area contributed by atoms with Crippen LogP contribution in [0.2, 0.25) is 0 Å². The molecule has 2 saturated heterocycles. The lowest BCUT2D eigenvalue weighted by molar-refractivity contribution is 0.0807. The molecule has 0 unspecified atom stereocenters. The third-order valence-corrected chi connectivity index (χ3v) is 6.64. The Balaban J connectivity index is 0.00000336. The third kappa shape index (κ3) is 6.51. The van der Waals surface area contributed by atoms with Crippen molar-refractivity contribution in [2.24, 2.45) is 11.7 Å². The molecule has 4 heterocycles. The molecule has 0 saturated carbocycles. The van der Waals surface area contributed by atoms with Crippen LogP contribution in [0.3, 0.4) is 0 Å². The van der Waals surface area contributed by atoms with Crippen molar-refractivity contribution in [3.05, 3.63) is 54.1 Å². The van der Waals surface area contributed by atoms with Crippen molar-refractivity contribution in [3.63, 3.8) is 0 Å². The quantitative estimate of drug-likeness (QED) is 0.456. The van der Waals surface area contributed by atoms with Crippen molar-refractivity contribution in [1.29, 1.82) is 0 Å². The molecule has 200 valence electrons. The lowest BCUT2D eigenvalue weighted by Gasteiger charge is -2.33. The van der Waals surface area contributed by atoms with Gasteiger partial charge in [-0.05, 0) is 43.9 Å². The summed E-state index contributed by atoms with van der Waals surface area (Å²) in [4.78, 5) is 15.7. The summed E-state index contributed by atoms with van der Waals surface area (Å²) < 4.78 is 25.4. The highest BCUT2D eigenvalue weighted by Gasteiger charge is 2.21. The van der Waals surface area contributed by atoms with E-state index in [4.69, 9.17) is 15.2 Å². The van der Waals surface area contributed by atoms with Gasteiger partial charge in [0, 0.05) is 56.7 Å². The van der Waals surface area contributed by atoms with Crippen LogP contribution in [-0.4, -0.2) is 54.4 Å². The van der Waals surface area contributed by atoms with Crippen LogP contribution in [0, 0.1) is 23.6 Å². The number of nitrogens with two attached hydrogens (primary N) is 1. The van der Waals surface area contributed by atoms with Gasteiger partial charge in [-0.2, -0.15) is 0 Å². The van der Waals surface area contributed by atoms with Gasteiger partial charge in [-0.3, -0.25) is 0 Å². The van der Waals surface area contributed by atoms with Crippen molar-refractivity contribution < 1.29 is 13.9 Å². The monoisotopic (exact) mass is 538 g/mol. The molecule has 0 radical (unpaired) electrons. The maximum absolute atomic E-state index is 14.6. The maximum atomic E-state index is 14.6. The standard InChI is InChI=1S/C28H31FN6O2.ClH/c1-36-24-6-2-5-22(29)27(24)28-31-12-9-25(34-28)33-26-16-23(35-13-3-4-21(30)18-35)20(17-32-26)8-7-19-10-14-37-15-11-19;/h2,5-6,9,12,16-17,19,21H,3-4,10-11,13-15,18,30H2,1H3,(H,31,32,33,34);1H/t21-;/m0./s1. The Bertz CT molecular complexity index is 1310. The molecule has 3 aromatic rings. The van der Waals surface area contributed by atoms with E-state index < -0.39 is 5.82 Å². The third-order valence-electron chi connectivity index (χ3n) is 6.64. The van der Waals surface area contributed by atoms with Crippen molar-refractivity contribution in [2.75, 3.05) is 43.6 Å². The van der Waals surface area contributed by atoms with Crippen LogP contribution in [0.1, 0.15) is 31.2 Å². The second-order valence-corrected chi connectivity index (χ2v) is 9.30. The van der Waals surface area contributed by atoms with Crippen molar-refractivity contribution >= 4 is 29.7 Å². The first-order chi connectivity index (χ1) is 18.1. The molecule has 1 atom stereocenters. The number of piperidine rings is 1. The predicted molar refractivity (Wildman–Crippen MR) is 149 cm³/mol. The fourth-order valence-electron chi connectivity index (χ4n) is 4.69. The number of nitrogens with zero attached hydrogens (tertiary/aromatic N) is 4. The van der Waals surface area contributed by atoms with E-state index in [0.29, 0.717) is 23.3 Å². The van der Waals surface area contributed by atoms with Crippen molar-refractivity contribution in [1.82, 2.24) is 15.0 Å². The van der Waals surface area contributed by atoms with E-state index >= 15 is 0 Å². The number of benzene rings is 1. The molecule has 5 rings (SSSR count). The van der Waals surface area contributed by atoms with Crippen molar-refractivity contribution in [2.45, 2.75) is 31.7 Å². The number of ether oxygens (including phenoxy) is 2. The summed E-state index contributed by atoms with van der Waals surface area (Å²) in [7, 11) is 1.49. The number of halogens is 2. The first kappa shape index (κ1) is 27.6. The zero-order chi connectivity index (χ0) is 25.6. The zero-order valence-corrected chi connectivity index (χ0v) is 22.1. The lowest BCUT2D eigenvalue weighted by atomic mass is 10.0. The van der Waals surface area contributed by atoms with Gasteiger partial charge in [-0.1, -0.05) is 17.9 Å². The first-order valence-electron chi connectivity index (χ1n) is 12.6. The fraction of sp³-hybridized carbons (Fsp3) is 0.393.